The molecule has 0 aliphatic carbocycles. The second-order valence-electron chi connectivity index (χ2n) is 4.35. The van der Waals surface area contributed by atoms with Crippen LogP contribution in [0, 0.1) is 0 Å². The van der Waals surface area contributed by atoms with Crippen LogP contribution in [0.4, 0.5) is 11.5 Å². The quantitative estimate of drug-likeness (QED) is 0.807. The third-order valence-electron chi connectivity index (χ3n) is 3.09. The molecule has 0 aliphatic rings. The number of aromatic nitrogens is 2. The first-order valence-electron chi connectivity index (χ1n) is 6.61. The summed E-state index contributed by atoms with van der Waals surface area (Å²) in [4.78, 5) is 10.5. The first-order valence-corrected chi connectivity index (χ1v) is 6.61. The van der Waals surface area contributed by atoms with Crippen molar-refractivity contribution in [2.45, 2.75) is 46.1 Å². The van der Waals surface area contributed by atoms with E-state index in [0.29, 0.717) is 24.2 Å². The summed E-state index contributed by atoms with van der Waals surface area (Å²) in [6.07, 6.45) is 4.56. The molecule has 2 N–H and O–H groups in total. The van der Waals surface area contributed by atoms with E-state index in [2.05, 4.69) is 35.6 Å². The van der Waals surface area contributed by atoms with E-state index in [1.54, 1.807) is 0 Å². The standard InChI is InChI=1S/C13H24N4O/c1-5-8-18-13-11(14)12(15-9-16-13)17(4)10(6-2)7-3/h9-10H,5-8,14H2,1-4H3. The summed E-state index contributed by atoms with van der Waals surface area (Å²) in [6.45, 7) is 7.00. The Bertz CT molecular complexity index is 366. The summed E-state index contributed by atoms with van der Waals surface area (Å²) in [6, 6.07) is 0.432. The highest BCUT2D eigenvalue weighted by Crippen LogP contribution is 2.29. The van der Waals surface area contributed by atoms with Gasteiger partial charge in [-0.2, -0.15) is 4.98 Å². The Morgan fingerprint density at radius 2 is 1.94 bits per heavy atom. The highest BCUT2D eigenvalue weighted by Gasteiger charge is 2.18. The predicted molar refractivity (Wildman–Crippen MR) is 75.0 cm³/mol. The molecule has 18 heavy (non-hydrogen) atoms. The third-order valence-corrected chi connectivity index (χ3v) is 3.09. The average Bonchev–Trinajstić information content (AvgIpc) is 2.39. The van der Waals surface area contributed by atoms with Crippen molar-refractivity contribution in [2.75, 3.05) is 24.3 Å². The van der Waals surface area contributed by atoms with Gasteiger partial charge in [0.05, 0.1) is 6.61 Å². The van der Waals surface area contributed by atoms with Gasteiger partial charge in [0, 0.05) is 13.1 Å². The smallest absolute Gasteiger partial charge is 0.242 e. The molecule has 0 unspecified atom stereocenters. The lowest BCUT2D eigenvalue weighted by Gasteiger charge is -2.28. The minimum Gasteiger partial charge on any atom is -0.476 e. The molecule has 0 amide bonds. The van der Waals surface area contributed by atoms with Gasteiger partial charge in [-0.3, -0.25) is 0 Å². The Hall–Kier alpha value is -1.52. The molecular weight excluding hydrogens is 228 g/mol. The van der Waals surface area contributed by atoms with Crippen molar-refractivity contribution < 1.29 is 4.74 Å². The van der Waals surface area contributed by atoms with Gasteiger partial charge < -0.3 is 15.4 Å². The van der Waals surface area contributed by atoms with Gasteiger partial charge in [0.1, 0.15) is 12.0 Å². The normalized spacial score (nSPS) is 10.7. The summed E-state index contributed by atoms with van der Waals surface area (Å²) < 4.78 is 5.52. The number of anilines is 2. The van der Waals surface area contributed by atoms with Gasteiger partial charge in [0.15, 0.2) is 5.82 Å². The molecule has 0 bridgehead atoms. The second-order valence-corrected chi connectivity index (χ2v) is 4.35. The number of ether oxygens (including phenoxy) is 1. The van der Waals surface area contributed by atoms with Crippen molar-refractivity contribution in [3.8, 4) is 5.88 Å². The number of rotatable bonds is 7. The number of hydrogen-bond acceptors (Lipinski definition) is 5. The summed E-state index contributed by atoms with van der Waals surface area (Å²) in [7, 11) is 2.01. The van der Waals surface area contributed by atoms with Crippen molar-refractivity contribution in [3.05, 3.63) is 6.33 Å². The molecule has 1 heterocycles. The Balaban J connectivity index is 2.94. The van der Waals surface area contributed by atoms with Crippen LogP contribution in [0.25, 0.3) is 0 Å². The van der Waals surface area contributed by atoms with Crippen LogP contribution in [0.1, 0.15) is 40.0 Å². The molecule has 0 saturated carbocycles. The fourth-order valence-electron chi connectivity index (χ4n) is 1.97. The first kappa shape index (κ1) is 14.5. The third kappa shape index (κ3) is 3.24. The Morgan fingerprint density at radius 1 is 1.28 bits per heavy atom. The SMILES string of the molecule is CCCOc1ncnc(N(C)C(CC)CC)c1N. The minimum absolute atomic E-state index is 0.432. The van der Waals surface area contributed by atoms with Gasteiger partial charge in [0.25, 0.3) is 0 Å². The van der Waals surface area contributed by atoms with Crippen molar-refractivity contribution in [2.24, 2.45) is 0 Å². The van der Waals surface area contributed by atoms with E-state index >= 15 is 0 Å². The molecule has 0 spiro atoms. The first-order chi connectivity index (χ1) is 8.65. The lowest BCUT2D eigenvalue weighted by atomic mass is 10.1. The highest BCUT2D eigenvalue weighted by atomic mass is 16.5. The maximum atomic E-state index is 6.08. The van der Waals surface area contributed by atoms with E-state index in [1.165, 1.54) is 6.33 Å². The van der Waals surface area contributed by atoms with Crippen LogP contribution in [-0.4, -0.2) is 29.7 Å². The van der Waals surface area contributed by atoms with Crippen LogP contribution in [0.3, 0.4) is 0 Å². The molecule has 5 nitrogen and oxygen atoms in total. The van der Waals surface area contributed by atoms with Crippen molar-refractivity contribution in [1.82, 2.24) is 9.97 Å². The summed E-state index contributed by atoms with van der Waals surface area (Å²) in [5, 5.41) is 0. The molecule has 0 aromatic carbocycles. The minimum atomic E-state index is 0.432. The number of nitrogen functional groups attached to an aromatic ring is 1. The van der Waals surface area contributed by atoms with Crippen LogP contribution in [-0.2, 0) is 0 Å². The zero-order valence-electron chi connectivity index (χ0n) is 11.8. The van der Waals surface area contributed by atoms with E-state index in [1.807, 2.05) is 7.05 Å². The van der Waals surface area contributed by atoms with Gasteiger partial charge >= 0.3 is 0 Å². The van der Waals surface area contributed by atoms with Crippen LogP contribution in [0.15, 0.2) is 6.33 Å². The van der Waals surface area contributed by atoms with Gasteiger partial charge in [-0.1, -0.05) is 20.8 Å². The lowest BCUT2D eigenvalue weighted by Crippen LogP contribution is -2.31. The molecule has 0 aliphatic heterocycles. The van der Waals surface area contributed by atoms with Crippen molar-refractivity contribution >= 4 is 11.5 Å². The van der Waals surface area contributed by atoms with Crippen LogP contribution in [0.2, 0.25) is 0 Å². The molecule has 1 aromatic heterocycles. The zero-order chi connectivity index (χ0) is 13.5. The van der Waals surface area contributed by atoms with E-state index in [0.717, 1.165) is 25.1 Å². The highest BCUT2D eigenvalue weighted by molar-refractivity contribution is 5.67. The van der Waals surface area contributed by atoms with Crippen molar-refractivity contribution in [1.29, 1.82) is 0 Å². The summed E-state index contributed by atoms with van der Waals surface area (Å²) in [5.41, 5.74) is 6.61. The van der Waals surface area contributed by atoms with Crippen LogP contribution >= 0.6 is 0 Å². The monoisotopic (exact) mass is 252 g/mol. The Labute approximate surface area is 109 Å². The van der Waals surface area contributed by atoms with Crippen molar-refractivity contribution in [3.63, 3.8) is 0 Å². The maximum absolute atomic E-state index is 6.08. The largest absolute Gasteiger partial charge is 0.476 e. The van der Waals surface area contributed by atoms with Crippen LogP contribution < -0.4 is 15.4 Å². The van der Waals surface area contributed by atoms with Gasteiger partial charge in [0.2, 0.25) is 5.88 Å². The maximum Gasteiger partial charge on any atom is 0.242 e. The van der Waals surface area contributed by atoms with E-state index in [9.17, 15) is 0 Å². The van der Waals surface area contributed by atoms with Gasteiger partial charge in [-0.25, -0.2) is 4.98 Å². The number of nitrogens with two attached hydrogens (primary N) is 1. The molecule has 102 valence electrons. The number of nitrogens with zero attached hydrogens (tertiary/aromatic N) is 3. The van der Waals surface area contributed by atoms with E-state index in [4.69, 9.17) is 10.5 Å². The molecule has 1 rings (SSSR count). The topological polar surface area (TPSA) is 64.3 Å². The predicted octanol–water partition coefficient (Wildman–Crippen LogP) is 2.47. The molecule has 0 radical (unpaired) electrons. The average molecular weight is 252 g/mol. The Morgan fingerprint density at radius 3 is 2.50 bits per heavy atom. The summed E-state index contributed by atoms with van der Waals surface area (Å²) >= 11 is 0. The number of hydrogen-bond donors (Lipinski definition) is 1. The second kappa shape index (κ2) is 7.03. The molecular formula is C13H24N4O. The molecule has 0 atom stereocenters. The van der Waals surface area contributed by atoms with E-state index in [-0.39, 0.29) is 0 Å². The Kier molecular flexibility index (Phi) is 5.68. The van der Waals surface area contributed by atoms with Gasteiger partial charge in [-0.15, -0.1) is 0 Å². The molecule has 0 saturated heterocycles. The van der Waals surface area contributed by atoms with Gasteiger partial charge in [-0.05, 0) is 19.3 Å². The fourth-order valence-corrected chi connectivity index (χ4v) is 1.97. The molecule has 5 heteroatoms. The summed E-state index contributed by atoms with van der Waals surface area (Å²) in [5.74, 6) is 1.24. The fraction of sp³-hybridized carbons (Fsp3) is 0.692. The lowest BCUT2D eigenvalue weighted by molar-refractivity contribution is 0.306. The van der Waals surface area contributed by atoms with Crippen LogP contribution in [0.5, 0.6) is 5.88 Å². The van der Waals surface area contributed by atoms with E-state index < -0.39 is 0 Å². The molecule has 1 aromatic rings. The molecule has 0 fully saturated rings. The zero-order valence-corrected chi connectivity index (χ0v) is 11.8.